The van der Waals surface area contributed by atoms with E-state index in [2.05, 4.69) is 4.74 Å². The number of aldehydes is 1. The number of allylic oxidation sites excluding steroid dienone is 2. The van der Waals surface area contributed by atoms with Gasteiger partial charge in [0.1, 0.15) is 0 Å². The molecule has 0 saturated heterocycles. The van der Waals surface area contributed by atoms with Crippen LogP contribution in [0.25, 0.3) is 0 Å². The van der Waals surface area contributed by atoms with E-state index in [-0.39, 0.29) is 18.7 Å². The van der Waals surface area contributed by atoms with Crippen molar-refractivity contribution in [3.63, 3.8) is 0 Å². The normalized spacial score (nSPS) is 11.0. The van der Waals surface area contributed by atoms with Crippen LogP contribution in [0.2, 0.25) is 0 Å². The van der Waals surface area contributed by atoms with Gasteiger partial charge in [0.25, 0.3) is 0 Å². The van der Waals surface area contributed by atoms with Gasteiger partial charge >= 0.3 is 5.97 Å². The summed E-state index contributed by atoms with van der Waals surface area (Å²) < 4.78 is 16.5. The lowest BCUT2D eigenvalue weighted by Crippen LogP contribution is -1.98. The Hall–Kier alpha value is -1.19. The molecule has 0 amide bonds. The molecule has 0 aromatic carbocycles. The van der Waals surface area contributed by atoms with Crippen LogP contribution in [0.3, 0.4) is 0 Å². The van der Waals surface area contributed by atoms with Gasteiger partial charge in [-0.05, 0) is 18.9 Å². The highest BCUT2D eigenvalue weighted by atomic mass is 19.1. The molecule has 68 valence electrons. The maximum atomic E-state index is 12.1. The minimum atomic E-state index is -0.792. The second kappa shape index (κ2) is 6.52. The fourth-order valence-electron chi connectivity index (χ4n) is 0.637. The number of methoxy groups -OCH3 is 1. The van der Waals surface area contributed by atoms with E-state index in [1.165, 1.54) is 7.11 Å². The average molecular weight is 174 g/mol. The second-order valence-corrected chi connectivity index (χ2v) is 2.18. The van der Waals surface area contributed by atoms with Gasteiger partial charge in [-0.3, -0.25) is 9.59 Å². The van der Waals surface area contributed by atoms with Gasteiger partial charge in [0.05, 0.1) is 7.11 Å². The summed E-state index contributed by atoms with van der Waals surface area (Å²) in [6, 6.07) is 0. The molecular weight excluding hydrogens is 163 g/mol. The van der Waals surface area contributed by atoms with Crippen LogP contribution in [-0.2, 0) is 14.3 Å². The van der Waals surface area contributed by atoms with Crippen molar-refractivity contribution < 1.29 is 18.7 Å². The van der Waals surface area contributed by atoms with Gasteiger partial charge in [-0.1, -0.05) is 0 Å². The number of carbonyl (C=O) groups is 2. The fraction of sp³-hybridized carbons (Fsp3) is 0.500. The topological polar surface area (TPSA) is 43.4 Å². The molecule has 3 nitrogen and oxygen atoms in total. The number of ether oxygens (including phenoxy) is 1. The van der Waals surface area contributed by atoms with Gasteiger partial charge in [0.2, 0.25) is 0 Å². The molecule has 0 radical (unpaired) electrons. The summed E-state index contributed by atoms with van der Waals surface area (Å²) in [7, 11) is 1.30. The standard InChI is InChI=1S/C8H11FO3/c1-12-8(11)5-3-2-4-7(9)6-10/h4,6H,2-3,5H2,1H3/b7-4-. The number of unbranched alkanes of at least 4 members (excludes halogenated alkanes) is 1. The zero-order valence-electron chi connectivity index (χ0n) is 6.88. The predicted octanol–water partition coefficient (Wildman–Crippen LogP) is 1.38. The highest BCUT2D eigenvalue weighted by Crippen LogP contribution is 2.01. The van der Waals surface area contributed by atoms with Crippen LogP contribution in [0.4, 0.5) is 4.39 Å². The smallest absolute Gasteiger partial charge is 0.305 e. The van der Waals surface area contributed by atoms with Crippen molar-refractivity contribution >= 4 is 12.3 Å². The minimum absolute atomic E-state index is 0.137. The fourth-order valence-corrected chi connectivity index (χ4v) is 0.637. The summed E-state index contributed by atoms with van der Waals surface area (Å²) in [4.78, 5) is 20.3. The van der Waals surface area contributed by atoms with Crippen LogP contribution in [0, 0.1) is 0 Å². The monoisotopic (exact) mass is 174 g/mol. The van der Waals surface area contributed by atoms with E-state index in [0.717, 1.165) is 6.08 Å². The molecule has 0 aromatic heterocycles. The summed E-state index contributed by atoms with van der Waals surface area (Å²) in [6.07, 6.45) is 2.40. The van der Waals surface area contributed by atoms with E-state index in [1.807, 2.05) is 0 Å². The first-order chi connectivity index (χ1) is 5.70. The Bertz CT molecular complexity index is 187. The summed E-state index contributed by atoms with van der Waals surface area (Å²) in [6.45, 7) is 0. The highest BCUT2D eigenvalue weighted by molar-refractivity contribution is 5.70. The van der Waals surface area contributed by atoms with Gasteiger partial charge in [0, 0.05) is 6.42 Å². The highest BCUT2D eigenvalue weighted by Gasteiger charge is 1.98. The van der Waals surface area contributed by atoms with E-state index in [4.69, 9.17) is 0 Å². The Morgan fingerprint density at radius 3 is 2.75 bits per heavy atom. The van der Waals surface area contributed by atoms with Crippen molar-refractivity contribution in [1.82, 2.24) is 0 Å². The van der Waals surface area contributed by atoms with Gasteiger partial charge in [-0.25, -0.2) is 4.39 Å². The van der Waals surface area contributed by atoms with Crippen LogP contribution in [0.1, 0.15) is 19.3 Å². The number of carbonyl (C=O) groups excluding carboxylic acids is 2. The molecule has 0 spiro atoms. The number of halogens is 1. The number of rotatable bonds is 5. The molecule has 12 heavy (non-hydrogen) atoms. The molecule has 0 heterocycles. The first-order valence-corrected chi connectivity index (χ1v) is 3.58. The first-order valence-electron chi connectivity index (χ1n) is 3.58. The maximum Gasteiger partial charge on any atom is 0.305 e. The molecule has 0 fully saturated rings. The van der Waals surface area contributed by atoms with Crippen LogP contribution in [0.15, 0.2) is 11.9 Å². The van der Waals surface area contributed by atoms with Crippen molar-refractivity contribution in [2.75, 3.05) is 7.11 Å². The number of esters is 1. The van der Waals surface area contributed by atoms with Gasteiger partial charge in [-0.15, -0.1) is 0 Å². The van der Waals surface area contributed by atoms with E-state index in [9.17, 15) is 14.0 Å². The third kappa shape index (κ3) is 5.58. The summed E-state index contributed by atoms with van der Waals surface area (Å²) >= 11 is 0. The first kappa shape index (κ1) is 10.8. The number of hydrogen-bond acceptors (Lipinski definition) is 3. The zero-order valence-corrected chi connectivity index (χ0v) is 6.88. The molecule has 0 unspecified atom stereocenters. The van der Waals surface area contributed by atoms with E-state index < -0.39 is 5.83 Å². The van der Waals surface area contributed by atoms with Crippen molar-refractivity contribution in [3.05, 3.63) is 11.9 Å². The SMILES string of the molecule is COC(=O)CCC/C=C(\F)C=O. The van der Waals surface area contributed by atoms with Crippen LogP contribution in [-0.4, -0.2) is 19.4 Å². The summed E-state index contributed by atoms with van der Waals surface area (Å²) in [5, 5.41) is 0. The number of hydrogen-bond donors (Lipinski definition) is 0. The van der Waals surface area contributed by atoms with Gasteiger partial charge < -0.3 is 4.74 Å². The predicted molar refractivity (Wildman–Crippen MR) is 41.1 cm³/mol. The van der Waals surface area contributed by atoms with Gasteiger partial charge in [0.15, 0.2) is 12.1 Å². The molecule has 0 atom stereocenters. The average Bonchev–Trinajstić information content (AvgIpc) is 2.11. The van der Waals surface area contributed by atoms with Crippen molar-refractivity contribution in [2.24, 2.45) is 0 Å². The summed E-state index contributed by atoms with van der Waals surface area (Å²) in [5.41, 5.74) is 0. The van der Waals surface area contributed by atoms with Crippen LogP contribution in [0.5, 0.6) is 0 Å². The molecule has 0 rings (SSSR count). The Morgan fingerprint density at radius 2 is 2.25 bits per heavy atom. The molecule has 0 saturated carbocycles. The molecule has 4 heteroatoms. The molecule has 0 aliphatic carbocycles. The third-order valence-electron chi connectivity index (χ3n) is 1.26. The van der Waals surface area contributed by atoms with E-state index in [0.29, 0.717) is 12.8 Å². The van der Waals surface area contributed by atoms with Crippen molar-refractivity contribution in [3.8, 4) is 0 Å². The second-order valence-electron chi connectivity index (χ2n) is 2.18. The van der Waals surface area contributed by atoms with Crippen LogP contribution < -0.4 is 0 Å². The lowest BCUT2D eigenvalue weighted by molar-refractivity contribution is -0.140. The molecular formula is C8H11FO3. The third-order valence-corrected chi connectivity index (χ3v) is 1.26. The zero-order chi connectivity index (χ0) is 9.40. The lowest BCUT2D eigenvalue weighted by Gasteiger charge is -1.95. The van der Waals surface area contributed by atoms with Crippen molar-refractivity contribution in [1.29, 1.82) is 0 Å². The Kier molecular flexibility index (Phi) is 5.87. The molecule has 0 aliphatic heterocycles. The maximum absolute atomic E-state index is 12.1. The summed E-state index contributed by atoms with van der Waals surface area (Å²) in [5.74, 6) is -1.12. The molecule has 0 bridgehead atoms. The van der Waals surface area contributed by atoms with Gasteiger partial charge in [-0.2, -0.15) is 0 Å². The quantitative estimate of drug-likeness (QED) is 0.274. The Balaban J connectivity index is 3.44. The Morgan fingerprint density at radius 1 is 1.58 bits per heavy atom. The van der Waals surface area contributed by atoms with E-state index >= 15 is 0 Å². The minimum Gasteiger partial charge on any atom is -0.469 e. The van der Waals surface area contributed by atoms with Crippen molar-refractivity contribution in [2.45, 2.75) is 19.3 Å². The molecule has 0 aromatic rings. The molecule has 0 aliphatic rings. The molecule has 0 N–H and O–H groups in total. The Labute approximate surface area is 70.2 Å². The lowest BCUT2D eigenvalue weighted by atomic mass is 10.2. The van der Waals surface area contributed by atoms with Crippen LogP contribution >= 0.6 is 0 Å². The van der Waals surface area contributed by atoms with E-state index in [1.54, 1.807) is 0 Å². The largest absolute Gasteiger partial charge is 0.469 e.